The van der Waals surface area contributed by atoms with Gasteiger partial charge in [0.1, 0.15) is 23.0 Å². The van der Waals surface area contributed by atoms with Crippen molar-refractivity contribution in [1.82, 2.24) is 0 Å². The van der Waals surface area contributed by atoms with Crippen molar-refractivity contribution in [2.24, 2.45) is 0 Å². The molecule has 2 aromatic carbocycles. The van der Waals surface area contributed by atoms with Crippen molar-refractivity contribution < 1.29 is 19.5 Å². The Balaban J connectivity index is 1.87. The normalized spacial score (nSPS) is 9.65. The van der Waals surface area contributed by atoms with E-state index < -0.39 is 0 Å². The molecular weight excluding hydrogens is 219 g/mol. The first-order valence-electron chi connectivity index (χ1n) is 4.97. The van der Waals surface area contributed by atoms with E-state index in [1.54, 1.807) is 36.4 Å². The zero-order valence-electron chi connectivity index (χ0n) is 8.91. The Hall–Kier alpha value is -2.30. The Morgan fingerprint density at radius 1 is 0.765 bits per heavy atom. The van der Waals surface area contributed by atoms with Crippen LogP contribution in [0, 0.1) is 0 Å². The molecule has 0 aliphatic carbocycles. The predicted molar refractivity (Wildman–Crippen MR) is 63.2 cm³/mol. The molecule has 0 fully saturated rings. The molecule has 0 spiro atoms. The van der Waals surface area contributed by atoms with Gasteiger partial charge in [-0.3, -0.25) is 0 Å². The third kappa shape index (κ3) is 3.34. The molecule has 2 N–H and O–H groups in total. The minimum Gasteiger partial charge on any atom is -0.526 e. The summed E-state index contributed by atoms with van der Waals surface area (Å²) in [6, 6.07) is 12.7. The zero-order valence-corrected chi connectivity index (χ0v) is 8.91. The monoisotopic (exact) mass is 229 g/mol. The lowest BCUT2D eigenvalue weighted by molar-refractivity contribution is 0.442. The van der Waals surface area contributed by atoms with Crippen molar-refractivity contribution in [1.29, 1.82) is 0 Å². The van der Waals surface area contributed by atoms with Gasteiger partial charge in [-0.05, 0) is 24.3 Å². The first-order chi connectivity index (χ1) is 8.24. The largest absolute Gasteiger partial charge is 0.658 e. The molecule has 1 radical (unpaired) electrons. The van der Waals surface area contributed by atoms with Crippen LogP contribution < -0.4 is 9.31 Å². The highest BCUT2D eigenvalue weighted by Crippen LogP contribution is 2.19. The van der Waals surface area contributed by atoms with E-state index in [0.717, 1.165) is 7.69 Å². The Bertz CT molecular complexity index is 456. The van der Waals surface area contributed by atoms with Gasteiger partial charge in [0, 0.05) is 12.1 Å². The van der Waals surface area contributed by atoms with Crippen LogP contribution in [0.15, 0.2) is 48.5 Å². The van der Waals surface area contributed by atoms with Crippen LogP contribution in [0.25, 0.3) is 0 Å². The maximum absolute atomic E-state index is 9.20. The molecule has 0 aliphatic heterocycles. The summed E-state index contributed by atoms with van der Waals surface area (Å²) in [5.74, 6) is 1.16. The van der Waals surface area contributed by atoms with Crippen LogP contribution in [-0.4, -0.2) is 17.9 Å². The van der Waals surface area contributed by atoms with E-state index in [-0.39, 0.29) is 11.5 Å². The van der Waals surface area contributed by atoms with E-state index in [9.17, 15) is 10.2 Å². The molecule has 0 heterocycles. The molecule has 17 heavy (non-hydrogen) atoms. The molecule has 5 heteroatoms. The van der Waals surface area contributed by atoms with E-state index in [2.05, 4.69) is 0 Å². The maximum atomic E-state index is 9.20. The second-order valence-electron chi connectivity index (χ2n) is 3.33. The first kappa shape index (κ1) is 11.2. The number of phenols is 2. The summed E-state index contributed by atoms with van der Waals surface area (Å²) in [7, 11) is 1.13. The van der Waals surface area contributed by atoms with Crippen molar-refractivity contribution in [3.8, 4) is 23.0 Å². The molecule has 2 aromatic rings. The second kappa shape index (κ2) is 5.16. The molecule has 0 atom stereocenters. The molecule has 2 rings (SSSR count). The van der Waals surface area contributed by atoms with Crippen LogP contribution >= 0.6 is 0 Å². The number of benzene rings is 2. The predicted octanol–water partition coefficient (Wildman–Crippen LogP) is 2.09. The highest BCUT2D eigenvalue weighted by molar-refractivity contribution is 6.20. The molecule has 0 bridgehead atoms. The van der Waals surface area contributed by atoms with Crippen molar-refractivity contribution in [2.75, 3.05) is 0 Å². The van der Waals surface area contributed by atoms with E-state index in [4.69, 9.17) is 9.31 Å². The average Bonchev–Trinajstić information content (AvgIpc) is 2.29. The number of rotatable bonds is 4. The highest BCUT2D eigenvalue weighted by atomic mass is 16.6. The fourth-order valence-corrected chi connectivity index (χ4v) is 1.25. The number of aromatic hydroxyl groups is 2. The molecular formula is C12H10BO4. The Morgan fingerprint density at radius 2 is 1.24 bits per heavy atom. The molecule has 4 nitrogen and oxygen atoms in total. The van der Waals surface area contributed by atoms with E-state index in [0.29, 0.717) is 11.5 Å². The summed E-state index contributed by atoms with van der Waals surface area (Å²) in [4.78, 5) is 0. The van der Waals surface area contributed by atoms with Crippen LogP contribution in [0.3, 0.4) is 0 Å². The van der Waals surface area contributed by atoms with Gasteiger partial charge in [0.15, 0.2) is 0 Å². The molecule has 0 aliphatic rings. The van der Waals surface area contributed by atoms with Gasteiger partial charge in [0.05, 0.1) is 0 Å². The van der Waals surface area contributed by atoms with Crippen LogP contribution in [0.5, 0.6) is 23.0 Å². The van der Waals surface area contributed by atoms with Crippen molar-refractivity contribution in [3.63, 3.8) is 0 Å². The summed E-state index contributed by atoms with van der Waals surface area (Å²) in [5.41, 5.74) is 0. The highest BCUT2D eigenvalue weighted by Gasteiger charge is 2.02. The third-order valence-electron chi connectivity index (χ3n) is 2.00. The van der Waals surface area contributed by atoms with Gasteiger partial charge in [-0.25, -0.2) is 0 Å². The Morgan fingerprint density at radius 3 is 1.65 bits per heavy atom. The number of hydrogen-bond acceptors (Lipinski definition) is 4. The second-order valence-corrected chi connectivity index (χ2v) is 3.33. The molecule has 0 amide bonds. The van der Waals surface area contributed by atoms with Gasteiger partial charge in [-0.2, -0.15) is 0 Å². The van der Waals surface area contributed by atoms with Gasteiger partial charge in [-0.15, -0.1) is 0 Å². The minimum absolute atomic E-state index is 0.119. The smallest absolute Gasteiger partial charge is 0.526 e. The molecule has 0 aromatic heterocycles. The summed E-state index contributed by atoms with van der Waals surface area (Å²) in [6.45, 7) is 0. The zero-order chi connectivity index (χ0) is 12.1. The number of hydrogen-bond donors (Lipinski definition) is 2. The van der Waals surface area contributed by atoms with Crippen molar-refractivity contribution in [3.05, 3.63) is 48.5 Å². The summed E-state index contributed by atoms with van der Waals surface area (Å²) in [6.07, 6.45) is 0. The van der Waals surface area contributed by atoms with E-state index in [1.807, 2.05) is 0 Å². The van der Waals surface area contributed by atoms with Crippen LogP contribution in [0.4, 0.5) is 0 Å². The van der Waals surface area contributed by atoms with Crippen molar-refractivity contribution in [2.45, 2.75) is 0 Å². The molecule has 0 unspecified atom stereocenters. The van der Waals surface area contributed by atoms with Gasteiger partial charge in [-0.1, -0.05) is 12.1 Å². The van der Waals surface area contributed by atoms with Crippen LogP contribution in [0.2, 0.25) is 0 Å². The van der Waals surface area contributed by atoms with Crippen LogP contribution in [0.1, 0.15) is 0 Å². The Labute approximate surface area is 99.4 Å². The SMILES string of the molecule is Oc1cccc(O[B]Oc2cccc(O)c2)c1. The van der Waals surface area contributed by atoms with Gasteiger partial charge in [0.25, 0.3) is 0 Å². The summed E-state index contributed by atoms with van der Waals surface area (Å²) in [5, 5.41) is 18.4. The lowest BCUT2D eigenvalue weighted by Crippen LogP contribution is -2.10. The standard InChI is InChI=1S/C12H10BO4/c14-9-3-1-5-11(7-9)16-13-17-12-6-2-4-10(15)8-12/h1-8,14-15H. The van der Waals surface area contributed by atoms with Gasteiger partial charge < -0.3 is 19.5 Å². The van der Waals surface area contributed by atoms with E-state index in [1.165, 1.54) is 12.1 Å². The topological polar surface area (TPSA) is 58.9 Å². The fourth-order valence-electron chi connectivity index (χ4n) is 1.25. The quantitative estimate of drug-likeness (QED) is 0.788. The Kier molecular flexibility index (Phi) is 3.40. The summed E-state index contributed by atoms with van der Waals surface area (Å²) < 4.78 is 10.3. The lowest BCUT2D eigenvalue weighted by atomic mass is 10.3. The average molecular weight is 229 g/mol. The van der Waals surface area contributed by atoms with Crippen LogP contribution in [-0.2, 0) is 0 Å². The number of phenolic OH excluding ortho intramolecular Hbond substituents is 2. The molecule has 85 valence electrons. The molecule has 0 saturated carbocycles. The maximum Gasteiger partial charge on any atom is 0.658 e. The van der Waals surface area contributed by atoms with Gasteiger partial charge >= 0.3 is 7.69 Å². The van der Waals surface area contributed by atoms with E-state index >= 15 is 0 Å². The van der Waals surface area contributed by atoms with Crippen molar-refractivity contribution >= 4 is 7.69 Å². The lowest BCUT2D eigenvalue weighted by Gasteiger charge is -2.06. The fraction of sp³-hybridized carbons (Fsp3) is 0. The first-order valence-corrected chi connectivity index (χ1v) is 4.97. The van der Waals surface area contributed by atoms with Gasteiger partial charge in [0.2, 0.25) is 0 Å². The molecule has 0 saturated heterocycles. The third-order valence-corrected chi connectivity index (χ3v) is 2.00. The summed E-state index contributed by atoms with van der Waals surface area (Å²) >= 11 is 0. The minimum atomic E-state index is 0.119.